The van der Waals surface area contributed by atoms with Gasteiger partial charge in [0, 0.05) is 42.5 Å². The molecule has 144 valence electrons. The summed E-state index contributed by atoms with van der Waals surface area (Å²) in [6.07, 6.45) is 2.38. The lowest BCUT2D eigenvalue weighted by Crippen LogP contribution is -2.42. The summed E-state index contributed by atoms with van der Waals surface area (Å²) in [5.41, 5.74) is 0. The van der Waals surface area contributed by atoms with Gasteiger partial charge in [-0.1, -0.05) is 6.92 Å². The standard InChI is InChI=1S/C18H33N5S.HI/c1-4-16-7-8-17(24-16)15-21-18(19-5-2)20-9-12-23-11-6-10-22(3)13-14-23;/h7-8H,4-6,9-15H2,1-3H3,(H2,19,20,21);1H. The Labute approximate surface area is 174 Å². The topological polar surface area (TPSA) is 42.9 Å². The van der Waals surface area contributed by atoms with Crippen molar-refractivity contribution in [2.45, 2.75) is 33.2 Å². The van der Waals surface area contributed by atoms with Crippen LogP contribution in [0.15, 0.2) is 17.1 Å². The van der Waals surface area contributed by atoms with E-state index in [1.807, 2.05) is 11.3 Å². The molecule has 0 unspecified atom stereocenters. The molecule has 5 nitrogen and oxygen atoms in total. The van der Waals surface area contributed by atoms with Crippen LogP contribution in [0.25, 0.3) is 0 Å². The molecule has 0 spiro atoms. The number of halogens is 1. The molecule has 0 amide bonds. The molecule has 7 heteroatoms. The van der Waals surface area contributed by atoms with Crippen molar-refractivity contribution >= 4 is 41.3 Å². The van der Waals surface area contributed by atoms with Gasteiger partial charge in [0.25, 0.3) is 0 Å². The summed E-state index contributed by atoms with van der Waals surface area (Å²) >= 11 is 1.87. The molecule has 1 aromatic rings. The molecule has 0 atom stereocenters. The van der Waals surface area contributed by atoms with Crippen LogP contribution in [0, 0.1) is 0 Å². The van der Waals surface area contributed by atoms with E-state index in [1.165, 1.54) is 42.4 Å². The number of aryl methyl sites for hydroxylation is 1. The number of nitrogens with zero attached hydrogens (tertiary/aromatic N) is 3. The van der Waals surface area contributed by atoms with Gasteiger partial charge in [0.1, 0.15) is 0 Å². The minimum Gasteiger partial charge on any atom is -0.357 e. The van der Waals surface area contributed by atoms with Gasteiger partial charge in [0.15, 0.2) is 5.96 Å². The fourth-order valence-corrected chi connectivity index (χ4v) is 3.73. The summed E-state index contributed by atoms with van der Waals surface area (Å²) in [5, 5.41) is 6.83. The highest BCUT2D eigenvalue weighted by atomic mass is 127. The van der Waals surface area contributed by atoms with E-state index in [0.29, 0.717) is 0 Å². The smallest absolute Gasteiger partial charge is 0.191 e. The van der Waals surface area contributed by atoms with Crippen molar-refractivity contribution in [3.63, 3.8) is 0 Å². The zero-order chi connectivity index (χ0) is 17.2. The lowest BCUT2D eigenvalue weighted by Gasteiger charge is -2.21. The number of hydrogen-bond donors (Lipinski definition) is 2. The minimum atomic E-state index is 0. The fraction of sp³-hybridized carbons (Fsp3) is 0.722. The Morgan fingerprint density at radius 1 is 1.12 bits per heavy atom. The van der Waals surface area contributed by atoms with Crippen molar-refractivity contribution in [3.8, 4) is 0 Å². The second-order valence-corrected chi connectivity index (χ2v) is 7.59. The number of rotatable bonds is 7. The molecular weight excluding hydrogens is 445 g/mol. The van der Waals surface area contributed by atoms with Crippen LogP contribution in [0.2, 0.25) is 0 Å². The molecule has 1 fully saturated rings. The van der Waals surface area contributed by atoms with Gasteiger partial charge in [-0.2, -0.15) is 0 Å². The second kappa shape index (κ2) is 12.9. The number of thiophene rings is 1. The van der Waals surface area contributed by atoms with Crippen LogP contribution in [0.3, 0.4) is 0 Å². The van der Waals surface area contributed by atoms with Crippen LogP contribution in [-0.2, 0) is 13.0 Å². The Kier molecular flexibility index (Phi) is 11.7. The van der Waals surface area contributed by atoms with Gasteiger partial charge >= 0.3 is 0 Å². The second-order valence-electron chi connectivity index (χ2n) is 6.34. The molecule has 25 heavy (non-hydrogen) atoms. The van der Waals surface area contributed by atoms with E-state index in [0.717, 1.165) is 38.6 Å². The van der Waals surface area contributed by atoms with Crippen LogP contribution < -0.4 is 10.6 Å². The van der Waals surface area contributed by atoms with E-state index in [1.54, 1.807) is 0 Å². The van der Waals surface area contributed by atoms with E-state index in [2.05, 4.69) is 53.5 Å². The molecule has 2 heterocycles. The Hall–Kier alpha value is -0.380. The highest BCUT2D eigenvalue weighted by Crippen LogP contribution is 2.17. The molecule has 1 saturated heterocycles. The largest absolute Gasteiger partial charge is 0.357 e. The number of aliphatic imine (C=N–C) groups is 1. The van der Waals surface area contributed by atoms with Crippen LogP contribution in [0.4, 0.5) is 0 Å². The Morgan fingerprint density at radius 2 is 1.92 bits per heavy atom. The third-order valence-corrected chi connectivity index (χ3v) is 5.55. The maximum Gasteiger partial charge on any atom is 0.191 e. The van der Waals surface area contributed by atoms with Gasteiger partial charge in [-0.05, 0) is 52.0 Å². The summed E-state index contributed by atoms with van der Waals surface area (Å²) in [4.78, 5) is 12.5. The molecule has 1 aliphatic rings. The van der Waals surface area contributed by atoms with E-state index in [9.17, 15) is 0 Å². The molecule has 1 aliphatic heterocycles. The molecule has 2 rings (SSSR count). The quantitative estimate of drug-likeness (QED) is 0.359. The summed E-state index contributed by atoms with van der Waals surface area (Å²) in [6, 6.07) is 4.41. The SMILES string of the molecule is CCNC(=NCc1ccc(CC)s1)NCCN1CCCN(C)CC1.I. The maximum absolute atomic E-state index is 4.72. The number of guanidine groups is 1. The normalized spacial score (nSPS) is 17.0. The lowest BCUT2D eigenvalue weighted by atomic mass is 10.4. The van der Waals surface area contributed by atoms with E-state index >= 15 is 0 Å². The summed E-state index contributed by atoms with van der Waals surface area (Å²) < 4.78 is 0. The third-order valence-electron chi connectivity index (χ3n) is 4.34. The third kappa shape index (κ3) is 8.70. The number of nitrogens with one attached hydrogen (secondary N) is 2. The highest BCUT2D eigenvalue weighted by Gasteiger charge is 2.11. The summed E-state index contributed by atoms with van der Waals surface area (Å²) in [6.45, 7) is 12.8. The van der Waals surface area contributed by atoms with Crippen LogP contribution in [0.1, 0.15) is 30.0 Å². The van der Waals surface area contributed by atoms with Gasteiger partial charge in [-0.3, -0.25) is 0 Å². The van der Waals surface area contributed by atoms with Gasteiger partial charge in [0.05, 0.1) is 6.54 Å². The van der Waals surface area contributed by atoms with Crippen LogP contribution in [-0.4, -0.2) is 68.6 Å². The first kappa shape index (κ1) is 22.7. The molecule has 0 saturated carbocycles. The zero-order valence-corrected chi connectivity index (χ0v) is 19.0. The van der Waals surface area contributed by atoms with Gasteiger partial charge in [-0.25, -0.2) is 4.99 Å². The van der Waals surface area contributed by atoms with Crippen molar-refractivity contribution in [2.75, 3.05) is 52.9 Å². The monoisotopic (exact) mass is 479 g/mol. The molecule has 0 aliphatic carbocycles. The van der Waals surface area contributed by atoms with Crippen molar-refractivity contribution < 1.29 is 0 Å². The average molecular weight is 479 g/mol. The van der Waals surface area contributed by atoms with Crippen molar-refractivity contribution in [1.82, 2.24) is 20.4 Å². The lowest BCUT2D eigenvalue weighted by molar-refractivity contribution is 0.280. The Balaban J connectivity index is 0.00000312. The fourth-order valence-electron chi connectivity index (χ4n) is 2.85. The predicted molar refractivity (Wildman–Crippen MR) is 120 cm³/mol. The van der Waals surface area contributed by atoms with Crippen molar-refractivity contribution in [1.29, 1.82) is 0 Å². The first-order valence-corrected chi connectivity index (χ1v) is 10.0. The molecule has 2 N–H and O–H groups in total. The van der Waals surface area contributed by atoms with E-state index in [4.69, 9.17) is 4.99 Å². The first-order chi connectivity index (χ1) is 11.7. The Bertz CT molecular complexity index is 505. The Morgan fingerprint density at radius 3 is 2.64 bits per heavy atom. The number of hydrogen-bond acceptors (Lipinski definition) is 4. The molecule has 0 bridgehead atoms. The van der Waals surface area contributed by atoms with E-state index in [-0.39, 0.29) is 24.0 Å². The van der Waals surface area contributed by atoms with Gasteiger partial charge in [-0.15, -0.1) is 35.3 Å². The molecular formula is C18H34IN5S. The van der Waals surface area contributed by atoms with Crippen LogP contribution >= 0.6 is 35.3 Å². The summed E-state index contributed by atoms with van der Waals surface area (Å²) in [7, 11) is 2.21. The minimum absolute atomic E-state index is 0. The van der Waals surface area contributed by atoms with Crippen LogP contribution in [0.5, 0.6) is 0 Å². The molecule has 1 aromatic heterocycles. The van der Waals surface area contributed by atoms with Crippen molar-refractivity contribution in [3.05, 3.63) is 21.9 Å². The molecule has 0 radical (unpaired) electrons. The zero-order valence-electron chi connectivity index (χ0n) is 15.9. The van der Waals surface area contributed by atoms with Crippen molar-refractivity contribution in [2.24, 2.45) is 4.99 Å². The highest BCUT2D eigenvalue weighted by molar-refractivity contribution is 14.0. The van der Waals surface area contributed by atoms with E-state index < -0.39 is 0 Å². The van der Waals surface area contributed by atoms with Gasteiger partial charge < -0.3 is 20.4 Å². The predicted octanol–water partition coefficient (Wildman–Crippen LogP) is 2.62. The first-order valence-electron chi connectivity index (χ1n) is 9.22. The van der Waals surface area contributed by atoms with Gasteiger partial charge in [0.2, 0.25) is 0 Å². The number of likely N-dealkylation sites (N-methyl/N-ethyl adjacent to an activating group) is 1. The maximum atomic E-state index is 4.72. The summed E-state index contributed by atoms with van der Waals surface area (Å²) in [5.74, 6) is 0.927. The average Bonchev–Trinajstić information content (AvgIpc) is 2.95. The molecule has 0 aromatic carbocycles.